The molecule has 6 nitrogen and oxygen atoms in total. The molecule has 0 aromatic heterocycles. The number of fused-ring (bicyclic) bond motifs is 2. The quantitative estimate of drug-likeness (QED) is 0.583. The zero-order valence-electron chi connectivity index (χ0n) is 18.5. The van der Waals surface area contributed by atoms with E-state index in [1.54, 1.807) is 23.1 Å². The summed E-state index contributed by atoms with van der Waals surface area (Å²) in [7, 11) is 2.02. The Hall–Kier alpha value is -3.93. The van der Waals surface area contributed by atoms with E-state index in [1.807, 2.05) is 55.6 Å². The summed E-state index contributed by atoms with van der Waals surface area (Å²) in [6.07, 6.45) is 0.596. The second kappa shape index (κ2) is 8.54. The molecule has 6 heteroatoms. The molecule has 0 atom stereocenters. The molecule has 0 bridgehead atoms. The molecule has 0 aliphatic carbocycles. The summed E-state index contributed by atoms with van der Waals surface area (Å²) in [5.74, 6) is -0.761. The molecule has 0 fully saturated rings. The van der Waals surface area contributed by atoms with Crippen LogP contribution >= 0.6 is 0 Å². The fourth-order valence-corrected chi connectivity index (χ4v) is 4.56. The van der Waals surface area contributed by atoms with Crippen molar-refractivity contribution in [1.29, 1.82) is 0 Å². The van der Waals surface area contributed by atoms with Gasteiger partial charge in [-0.3, -0.25) is 19.3 Å². The van der Waals surface area contributed by atoms with Gasteiger partial charge in [0.25, 0.3) is 17.7 Å². The van der Waals surface area contributed by atoms with Gasteiger partial charge in [-0.15, -0.1) is 0 Å². The van der Waals surface area contributed by atoms with Gasteiger partial charge in [-0.1, -0.05) is 48.5 Å². The molecule has 2 aliphatic rings. The van der Waals surface area contributed by atoms with Crippen LogP contribution in [0.5, 0.6) is 0 Å². The smallest absolute Gasteiger partial charge is 0.261 e. The van der Waals surface area contributed by atoms with E-state index in [-0.39, 0.29) is 17.7 Å². The summed E-state index contributed by atoms with van der Waals surface area (Å²) in [5.41, 5.74) is 4.39. The van der Waals surface area contributed by atoms with Gasteiger partial charge in [-0.05, 0) is 41.8 Å². The summed E-state index contributed by atoms with van der Waals surface area (Å²) >= 11 is 0. The minimum absolute atomic E-state index is 0.133. The summed E-state index contributed by atoms with van der Waals surface area (Å²) in [4.78, 5) is 44.4. The minimum Gasteiger partial charge on any atom is -0.373 e. The van der Waals surface area contributed by atoms with E-state index in [9.17, 15) is 14.4 Å². The second-order valence-corrected chi connectivity index (χ2v) is 8.53. The third-order valence-electron chi connectivity index (χ3n) is 6.44. The van der Waals surface area contributed by atoms with Crippen LogP contribution in [0.25, 0.3) is 0 Å². The number of benzene rings is 3. The lowest BCUT2D eigenvalue weighted by Crippen LogP contribution is -2.34. The molecule has 2 heterocycles. The molecule has 0 N–H and O–H groups in total. The van der Waals surface area contributed by atoms with Crippen molar-refractivity contribution in [2.75, 3.05) is 31.6 Å². The maximum Gasteiger partial charge on any atom is 0.261 e. The van der Waals surface area contributed by atoms with Gasteiger partial charge in [0.2, 0.25) is 0 Å². The Bertz CT molecular complexity index is 1240. The van der Waals surface area contributed by atoms with E-state index in [4.69, 9.17) is 0 Å². The van der Waals surface area contributed by atoms with Crippen molar-refractivity contribution in [2.45, 2.75) is 13.0 Å². The zero-order valence-corrected chi connectivity index (χ0v) is 18.5. The van der Waals surface area contributed by atoms with Gasteiger partial charge in [0.1, 0.15) is 0 Å². The molecule has 166 valence electrons. The highest BCUT2D eigenvalue weighted by Crippen LogP contribution is 2.27. The molecular weight excluding hydrogens is 414 g/mol. The molecule has 0 spiro atoms. The Morgan fingerprint density at radius 2 is 1.58 bits per heavy atom. The lowest BCUT2D eigenvalue weighted by Gasteiger charge is -2.21. The number of rotatable bonds is 4. The van der Waals surface area contributed by atoms with Crippen molar-refractivity contribution in [3.63, 3.8) is 0 Å². The average molecular weight is 440 g/mol. The topological polar surface area (TPSA) is 60.9 Å². The number of hydrogen-bond acceptors (Lipinski definition) is 4. The summed E-state index contributed by atoms with van der Waals surface area (Å²) < 4.78 is 0. The van der Waals surface area contributed by atoms with Crippen molar-refractivity contribution in [3.05, 3.63) is 101 Å². The van der Waals surface area contributed by atoms with Crippen LogP contribution in [0.15, 0.2) is 72.8 Å². The van der Waals surface area contributed by atoms with Crippen LogP contribution < -0.4 is 4.90 Å². The van der Waals surface area contributed by atoms with Crippen LogP contribution in [0.4, 0.5) is 5.69 Å². The number of likely N-dealkylation sites (N-methyl/N-ethyl adjacent to an activating group) is 1. The fourth-order valence-electron chi connectivity index (χ4n) is 4.56. The lowest BCUT2D eigenvalue weighted by molar-refractivity contribution is 0.0655. The van der Waals surface area contributed by atoms with Crippen LogP contribution in [-0.2, 0) is 13.0 Å². The van der Waals surface area contributed by atoms with Gasteiger partial charge in [-0.2, -0.15) is 0 Å². The molecular formula is C27H25N3O3. The lowest BCUT2D eigenvalue weighted by atomic mass is 10.0. The number of anilines is 1. The van der Waals surface area contributed by atoms with Crippen molar-refractivity contribution >= 4 is 23.4 Å². The van der Waals surface area contributed by atoms with Crippen LogP contribution in [0, 0.1) is 0 Å². The number of carbonyl (C=O) groups excluding carboxylic acids is 3. The maximum absolute atomic E-state index is 13.3. The van der Waals surface area contributed by atoms with Crippen molar-refractivity contribution in [2.24, 2.45) is 0 Å². The molecule has 0 radical (unpaired) electrons. The molecule has 3 aromatic rings. The normalized spacial score (nSPS) is 15.4. The Labute approximate surface area is 193 Å². The highest BCUT2D eigenvalue weighted by atomic mass is 16.2. The number of carbonyl (C=O) groups is 3. The predicted octanol–water partition coefficient (Wildman–Crippen LogP) is 3.62. The van der Waals surface area contributed by atoms with E-state index in [0.29, 0.717) is 42.7 Å². The van der Waals surface area contributed by atoms with Gasteiger partial charge >= 0.3 is 0 Å². The largest absolute Gasteiger partial charge is 0.373 e. The summed E-state index contributed by atoms with van der Waals surface area (Å²) in [6, 6.07) is 22.7. The third kappa shape index (κ3) is 3.89. The molecule has 0 saturated heterocycles. The Morgan fingerprint density at radius 1 is 0.848 bits per heavy atom. The standard InChI is InChI=1S/C27H25N3O3/c1-28-15-16-29(18-21-9-5-6-10-24(21)28)25(31)20-11-12-22-23(17-20)27(33)30(26(22)32)14-13-19-7-3-2-4-8-19/h2-12,17H,13-16,18H2,1H3. The summed E-state index contributed by atoms with van der Waals surface area (Å²) in [5, 5.41) is 0. The van der Waals surface area contributed by atoms with E-state index in [0.717, 1.165) is 23.4 Å². The second-order valence-electron chi connectivity index (χ2n) is 8.53. The first-order valence-corrected chi connectivity index (χ1v) is 11.2. The van der Waals surface area contributed by atoms with Gasteiger partial charge < -0.3 is 9.80 Å². The van der Waals surface area contributed by atoms with Gasteiger partial charge in [-0.25, -0.2) is 0 Å². The van der Waals surface area contributed by atoms with Crippen LogP contribution in [0.2, 0.25) is 0 Å². The molecule has 5 rings (SSSR count). The van der Waals surface area contributed by atoms with Crippen LogP contribution in [0.1, 0.15) is 42.2 Å². The molecule has 3 aromatic carbocycles. The highest BCUT2D eigenvalue weighted by Gasteiger charge is 2.36. The van der Waals surface area contributed by atoms with Crippen LogP contribution in [-0.4, -0.2) is 54.2 Å². The monoisotopic (exact) mass is 439 g/mol. The van der Waals surface area contributed by atoms with E-state index in [1.165, 1.54) is 4.90 Å². The Morgan fingerprint density at radius 3 is 2.39 bits per heavy atom. The maximum atomic E-state index is 13.3. The Kier molecular flexibility index (Phi) is 5.42. The Balaban J connectivity index is 1.35. The first-order valence-electron chi connectivity index (χ1n) is 11.2. The van der Waals surface area contributed by atoms with Gasteiger partial charge in [0, 0.05) is 44.5 Å². The van der Waals surface area contributed by atoms with Crippen LogP contribution in [0.3, 0.4) is 0 Å². The first-order chi connectivity index (χ1) is 16.0. The number of amides is 3. The third-order valence-corrected chi connectivity index (χ3v) is 6.44. The van der Waals surface area contributed by atoms with Gasteiger partial charge in [0.05, 0.1) is 11.1 Å². The van der Waals surface area contributed by atoms with E-state index < -0.39 is 0 Å². The summed E-state index contributed by atoms with van der Waals surface area (Å²) in [6.45, 7) is 2.12. The highest BCUT2D eigenvalue weighted by molar-refractivity contribution is 6.22. The minimum atomic E-state index is -0.332. The number of hydrogen-bond donors (Lipinski definition) is 0. The van der Waals surface area contributed by atoms with Crippen molar-refractivity contribution in [1.82, 2.24) is 9.80 Å². The first kappa shape index (κ1) is 20.9. The van der Waals surface area contributed by atoms with Gasteiger partial charge in [0.15, 0.2) is 0 Å². The zero-order chi connectivity index (χ0) is 22.9. The van der Waals surface area contributed by atoms with Crippen molar-refractivity contribution < 1.29 is 14.4 Å². The molecule has 3 amide bonds. The average Bonchev–Trinajstić information content (AvgIpc) is 2.97. The van der Waals surface area contributed by atoms with E-state index in [2.05, 4.69) is 11.0 Å². The SMILES string of the molecule is CN1CCN(C(=O)c2ccc3c(c2)C(=O)N(CCc2ccccc2)C3=O)Cc2ccccc21. The molecule has 33 heavy (non-hydrogen) atoms. The molecule has 0 unspecified atom stereocenters. The number of nitrogens with zero attached hydrogens (tertiary/aromatic N) is 3. The fraction of sp³-hybridized carbons (Fsp3) is 0.222. The van der Waals surface area contributed by atoms with Crippen molar-refractivity contribution in [3.8, 4) is 0 Å². The number of para-hydroxylation sites is 1. The number of imide groups is 1. The molecule has 2 aliphatic heterocycles. The predicted molar refractivity (Wildman–Crippen MR) is 126 cm³/mol. The molecule has 0 saturated carbocycles. The van der Waals surface area contributed by atoms with E-state index >= 15 is 0 Å².